The Labute approximate surface area is 138 Å². The number of benzene rings is 2. The minimum absolute atomic E-state index is 0.000327. The van der Waals surface area contributed by atoms with Gasteiger partial charge in [0.1, 0.15) is 5.82 Å². The lowest BCUT2D eigenvalue weighted by Gasteiger charge is -2.12. The second-order valence-corrected chi connectivity index (χ2v) is 7.45. The Hall–Kier alpha value is -1.96. The highest BCUT2D eigenvalue weighted by molar-refractivity contribution is 7.89. The Kier molecular flexibility index (Phi) is 5.03. The van der Waals surface area contributed by atoms with Gasteiger partial charge in [-0.25, -0.2) is 17.1 Å². The molecule has 1 amide bonds. The molecule has 0 aliphatic rings. The molecule has 0 saturated heterocycles. The summed E-state index contributed by atoms with van der Waals surface area (Å²) in [6, 6.07) is 9.17. The number of rotatable bonds is 4. The van der Waals surface area contributed by atoms with Crippen molar-refractivity contribution < 1.29 is 17.6 Å². The fraction of sp³-hybridized carbons (Fsp3) is 0.133. The third-order valence-corrected chi connectivity index (χ3v) is 5.18. The Morgan fingerprint density at radius 2 is 1.87 bits per heavy atom. The molecule has 122 valence electrons. The molecular formula is C15H14ClFN2O3S. The first kappa shape index (κ1) is 17.4. The fourth-order valence-corrected chi connectivity index (χ4v) is 2.96. The third kappa shape index (κ3) is 3.87. The highest BCUT2D eigenvalue weighted by Crippen LogP contribution is 2.23. The molecule has 2 rings (SSSR count). The summed E-state index contributed by atoms with van der Waals surface area (Å²) in [7, 11) is -0.836. The molecule has 2 aromatic carbocycles. The minimum Gasteiger partial charge on any atom is -0.321 e. The van der Waals surface area contributed by atoms with Crippen LogP contribution in [0.4, 0.5) is 10.1 Å². The largest absolute Gasteiger partial charge is 0.321 e. The molecule has 0 aromatic heterocycles. The molecule has 0 spiro atoms. The number of anilines is 1. The van der Waals surface area contributed by atoms with Gasteiger partial charge < -0.3 is 5.32 Å². The molecule has 23 heavy (non-hydrogen) atoms. The third-order valence-electron chi connectivity index (χ3n) is 3.05. The molecular weight excluding hydrogens is 343 g/mol. The van der Waals surface area contributed by atoms with Crippen LogP contribution in [0.15, 0.2) is 47.4 Å². The molecule has 8 heteroatoms. The van der Waals surface area contributed by atoms with E-state index in [0.717, 1.165) is 16.4 Å². The number of halogens is 2. The van der Waals surface area contributed by atoms with Crippen molar-refractivity contribution in [2.45, 2.75) is 4.90 Å². The van der Waals surface area contributed by atoms with Gasteiger partial charge in [-0.05, 0) is 36.4 Å². The van der Waals surface area contributed by atoms with Crippen LogP contribution in [0.25, 0.3) is 0 Å². The summed E-state index contributed by atoms with van der Waals surface area (Å²) < 4.78 is 38.2. The molecule has 5 nitrogen and oxygen atoms in total. The van der Waals surface area contributed by atoms with Crippen molar-refractivity contribution in [3.8, 4) is 0 Å². The number of hydrogen-bond donors (Lipinski definition) is 1. The van der Waals surface area contributed by atoms with Crippen LogP contribution in [-0.4, -0.2) is 32.7 Å². The maximum absolute atomic E-state index is 13.0. The van der Waals surface area contributed by atoms with Crippen LogP contribution >= 0.6 is 11.6 Å². The van der Waals surface area contributed by atoms with Gasteiger partial charge in [-0.3, -0.25) is 4.79 Å². The topological polar surface area (TPSA) is 66.5 Å². The highest BCUT2D eigenvalue weighted by atomic mass is 35.5. The Balaban J connectivity index is 2.30. The Morgan fingerprint density at radius 3 is 2.48 bits per heavy atom. The van der Waals surface area contributed by atoms with Crippen molar-refractivity contribution in [1.29, 1.82) is 0 Å². The van der Waals surface area contributed by atoms with Gasteiger partial charge in [0, 0.05) is 19.7 Å². The zero-order valence-electron chi connectivity index (χ0n) is 12.4. The van der Waals surface area contributed by atoms with E-state index in [1.54, 1.807) is 0 Å². The maximum atomic E-state index is 13.0. The summed E-state index contributed by atoms with van der Waals surface area (Å²) in [5.41, 5.74) is 0.382. The van der Waals surface area contributed by atoms with Crippen LogP contribution in [-0.2, 0) is 10.0 Å². The number of carbonyl (C=O) groups is 1. The number of amides is 1. The van der Waals surface area contributed by atoms with Crippen molar-refractivity contribution in [2.75, 3.05) is 19.4 Å². The summed E-state index contributed by atoms with van der Waals surface area (Å²) in [5.74, 6) is -1.07. The lowest BCUT2D eigenvalue weighted by molar-refractivity contribution is 0.102. The first-order valence-corrected chi connectivity index (χ1v) is 8.32. The van der Waals surface area contributed by atoms with Gasteiger partial charge in [-0.1, -0.05) is 17.7 Å². The monoisotopic (exact) mass is 356 g/mol. The first-order chi connectivity index (χ1) is 10.7. The lowest BCUT2D eigenvalue weighted by atomic mass is 10.2. The molecule has 0 radical (unpaired) electrons. The predicted octanol–water partition coefficient (Wildman–Crippen LogP) is 2.98. The van der Waals surface area contributed by atoms with Gasteiger partial charge in [-0.15, -0.1) is 0 Å². The number of hydrogen-bond acceptors (Lipinski definition) is 3. The number of nitrogens with one attached hydrogen (secondary N) is 1. The van der Waals surface area contributed by atoms with Crippen LogP contribution in [0, 0.1) is 5.82 Å². The molecule has 0 atom stereocenters. The van der Waals surface area contributed by atoms with Gasteiger partial charge in [-0.2, -0.15) is 0 Å². The lowest BCUT2D eigenvalue weighted by Crippen LogP contribution is -2.22. The Bertz CT molecular complexity index is 854. The van der Waals surface area contributed by atoms with Gasteiger partial charge >= 0.3 is 0 Å². The molecule has 2 aromatic rings. The maximum Gasteiger partial charge on any atom is 0.255 e. The summed E-state index contributed by atoms with van der Waals surface area (Å²) in [4.78, 5) is 12.2. The summed E-state index contributed by atoms with van der Waals surface area (Å²) in [6.45, 7) is 0. The zero-order valence-corrected chi connectivity index (χ0v) is 14.0. The van der Waals surface area contributed by atoms with E-state index < -0.39 is 21.7 Å². The molecule has 0 heterocycles. The molecule has 0 bridgehead atoms. The quantitative estimate of drug-likeness (QED) is 0.915. The first-order valence-electron chi connectivity index (χ1n) is 6.51. The van der Waals surface area contributed by atoms with Crippen LogP contribution < -0.4 is 5.32 Å². The molecule has 0 fully saturated rings. The van der Waals surface area contributed by atoms with Crippen LogP contribution in [0.1, 0.15) is 10.4 Å². The number of carbonyl (C=O) groups excluding carboxylic acids is 1. The van der Waals surface area contributed by atoms with Gasteiger partial charge in [0.15, 0.2) is 0 Å². The average molecular weight is 357 g/mol. The highest BCUT2D eigenvalue weighted by Gasteiger charge is 2.19. The molecule has 0 saturated carbocycles. The van der Waals surface area contributed by atoms with E-state index in [-0.39, 0.29) is 21.2 Å². The number of nitrogens with zero attached hydrogens (tertiary/aromatic N) is 1. The van der Waals surface area contributed by atoms with Crippen molar-refractivity contribution in [1.82, 2.24) is 4.31 Å². The van der Waals surface area contributed by atoms with Crippen LogP contribution in [0.2, 0.25) is 5.02 Å². The van der Waals surface area contributed by atoms with Crippen LogP contribution in [0.3, 0.4) is 0 Å². The zero-order chi connectivity index (χ0) is 17.2. The molecule has 0 unspecified atom stereocenters. The SMILES string of the molecule is CN(C)S(=O)(=O)c1cccc(C(=O)Nc2ccc(F)cc2Cl)c1. The summed E-state index contributed by atoms with van der Waals surface area (Å²) >= 11 is 5.85. The van der Waals surface area contributed by atoms with Crippen LogP contribution in [0.5, 0.6) is 0 Å². The van der Waals surface area contributed by atoms with E-state index in [1.165, 1.54) is 44.4 Å². The van der Waals surface area contributed by atoms with E-state index in [0.29, 0.717) is 0 Å². The van der Waals surface area contributed by atoms with Crippen molar-refractivity contribution in [3.05, 3.63) is 58.9 Å². The fourth-order valence-electron chi connectivity index (χ4n) is 1.79. The second kappa shape index (κ2) is 6.66. The van der Waals surface area contributed by atoms with Crippen molar-refractivity contribution in [3.63, 3.8) is 0 Å². The van der Waals surface area contributed by atoms with E-state index in [4.69, 9.17) is 11.6 Å². The van der Waals surface area contributed by atoms with Crippen molar-refractivity contribution in [2.24, 2.45) is 0 Å². The standard InChI is InChI=1S/C15H14ClFN2O3S/c1-19(2)23(21,22)12-5-3-4-10(8-12)15(20)18-14-7-6-11(17)9-13(14)16/h3-9H,1-2H3,(H,18,20). The van der Waals surface area contributed by atoms with Gasteiger partial charge in [0.25, 0.3) is 5.91 Å². The van der Waals surface area contributed by atoms with Crippen molar-refractivity contribution >= 4 is 33.2 Å². The Morgan fingerprint density at radius 1 is 1.17 bits per heavy atom. The second-order valence-electron chi connectivity index (χ2n) is 4.89. The van der Waals surface area contributed by atoms with Gasteiger partial charge in [0.05, 0.1) is 15.6 Å². The van der Waals surface area contributed by atoms with E-state index in [9.17, 15) is 17.6 Å². The summed E-state index contributed by atoms with van der Waals surface area (Å²) in [5, 5.41) is 2.57. The van der Waals surface area contributed by atoms with E-state index in [2.05, 4.69) is 5.32 Å². The minimum atomic E-state index is -3.64. The molecule has 1 N–H and O–H groups in total. The van der Waals surface area contributed by atoms with E-state index >= 15 is 0 Å². The molecule has 0 aliphatic heterocycles. The number of sulfonamides is 1. The smallest absolute Gasteiger partial charge is 0.255 e. The van der Waals surface area contributed by atoms with E-state index in [1.807, 2.05) is 0 Å². The van der Waals surface area contributed by atoms with Gasteiger partial charge in [0.2, 0.25) is 10.0 Å². The summed E-state index contributed by atoms with van der Waals surface area (Å²) in [6.07, 6.45) is 0. The predicted molar refractivity (Wildman–Crippen MR) is 86.7 cm³/mol. The normalized spacial score (nSPS) is 11.5. The average Bonchev–Trinajstić information content (AvgIpc) is 2.50. The molecule has 0 aliphatic carbocycles.